The number of rotatable bonds is 8. The van der Waals surface area contributed by atoms with Crippen LogP contribution in [0.2, 0.25) is 11.6 Å². The van der Waals surface area contributed by atoms with Gasteiger partial charge in [-0.1, -0.05) is 44.9 Å². The molecule has 88 valence electrons. The minimum absolute atomic E-state index is 0.0473. The number of ether oxygens (including phenoxy) is 1. The van der Waals surface area contributed by atoms with Gasteiger partial charge in [0.2, 0.25) is 0 Å². The van der Waals surface area contributed by atoms with Gasteiger partial charge in [0.05, 0.1) is 6.61 Å². The van der Waals surface area contributed by atoms with Crippen LogP contribution in [0.25, 0.3) is 0 Å². The summed E-state index contributed by atoms with van der Waals surface area (Å²) in [5.41, 5.74) is 1.47. The van der Waals surface area contributed by atoms with Gasteiger partial charge in [0.15, 0.2) is 0 Å². The van der Waals surface area contributed by atoms with Crippen LogP contribution in [0.4, 0.5) is 0 Å². The maximum Gasteiger partial charge on any atom is 0.333 e. The van der Waals surface area contributed by atoms with Gasteiger partial charge < -0.3 is 4.74 Å². The Morgan fingerprint density at radius 2 is 2.00 bits per heavy atom. The predicted molar refractivity (Wildman–Crippen MR) is 68.1 cm³/mol. The number of hydrogen-bond donors (Lipinski definition) is 0. The molecule has 0 bridgehead atoms. The molecule has 0 spiro atoms. The molecular weight excluding hydrogens is 204 g/mol. The van der Waals surface area contributed by atoms with Crippen molar-refractivity contribution in [2.75, 3.05) is 6.61 Å². The van der Waals surface area contributed by atoms with Crippen LogP contribution in [0.5, 0.6) is 0 Å². The van der Waals surface area contributed by atoms with Crippen molar-refractivity contribution in [2.45, 2.75) is 51.6 Å². The molecule has 0 radical (unpaired) electrons. The monoisotopic (exact) mass is 228 g/mol. The first-order chi connectivity index (χ1) is 7.11. The Hall–Kier alpha value is -0.573. The molecule has 0 rings (SSSR count). The molecule has 0 amide bonds. The largest absolute Gasteiger partial charge is 0.462 e. The zero-order valence-electron chi connectivity index (χ0n) is 10.3. The van der Waals surface area contributed by atoms with Gasteiger partial charge in [-0.3, -0.25) is 0 Å². The van der Waals surface area contributed by atoms with Crippen LogP contribution >= 0.6 is 0 Å². The summed E-state index contributed by atoms with van der Waals surface area (Å²) in [4.78, 5) is 11.0. The summed E-state index contributed by atoms with van der Waals surface area (Å²) in [6.45, 7) is 10.3. The first-order valence-corrected chi connectivity index (χ1v) is 7.76. The lowest BCUT2D eigenvalue weighted by Crippen LogP contribution is -2.08. The summed E-state index contributed by atoms with van der Waals surface area (Å²) < 4.78 is 5.04. The van der Waals surface area contributed by atoms with Crippen LogP contribution < -0.4 is 0 Å². The van der Waals surface area contributed by atoms with Crippen LogP contribution in [-0.4, -0.2) is 22.1 Å². The Bertz CT molecular complexity index is 198. The van der Waals surface area contributed by atoms with Crippen molar-refractivity contribution in [3.63, 3.8) is 0 Å². The summed E-state index contributed by atoms with van der Waals surface area (Å²) in [5.74, 6) is -0.251. The molecule has 15 heavy (non-hydrogen) atoms. The number of carbonyl (C=O) groups is 1. The summed E-state index contributed by atoms with van der Waals surface area (Å²) in [7, 11) is 0.0473. The molecular formula is C12H24O2Si. The lowest BCUT2D eigenvalue weighted by Gasteiger charge is -2.10. The van der Waals surface area contributed by atoms with E-state index in [0.717, 1.165) is 12.0 Å². The molecule has 0 atom stereocenters. The van der Waals surface area contributed by atoms with Crippen LogP contribution in [0.3, 0.4) is 0 Å². The standard InChI is InChI=1S/C12H24O2Si/c1-5-11(6-2)15-9-7-8-14-12(13)10(3)4/h11H,3,5-9,15H2,1-2,4H3. The Labute approximate surface area is 95.9 Å². The summed E-state index contributed by atoms with van der Waals surface area (Å²) in [5, 5.41) is 0. The van der Waals surface area contributed by atoms with Gasteiger partial charge in [0.1, 0.15) is 0 Å². The van der Waals surface area contributed by atoms with Gasteiger partial charge in [-0.05, 0) is 13.3 Å². The maximum atomic E-state index is 11.0. The fraction of sp³-hybridized carbons (Fsp3) is 0.750. The van der Waals surface area contributed by atoms with Gasteiger partial charge in [0.25, 0.3) is 0 Å². The van der Waals surface area contributed by atoms with E-state index in [9.17, 15) is 4.79 Å². The highest BCUT2D eigenvalue weighted by atomic mass is 28.2. The third kappa shape index (κ3) is 7.37. The highest BCUT2D eigenvalue weighted by Crippen LogP contribution is 2.15. The smallest absolute Gasteiger partial charge is 0.333 e. The summed E-state index contributed by atoms with van der Waals surface area (Å²) in [6.07, 6.45) is 3.66. The second-order valence-electron chi connectivity index (χ2n) is 4.09. The van der Waals surface area contributed by atoms with E-state index >= 15 is 0 Å². The maximum absolute atomic E-state index is 11.0. The topological polar surface area (TPSA) is 26.3 Å². The fourth-order valence-corrected chi connectivity index (χ4v) is 3.41. The minimum atomic E-state index is -0.251. The van der Waals surface area contributed by atoms with E-state index < -0.39 is 0 Å². The molecule has 0 aromatic carbocycles. The molecule has 0 saturated heterocycles. The molecule has 0 N–H and O–H groups in total. The Morgan fingerprint density at radius 1 is 1.40 bits per heavy atom. The van der Waals surface area contributed by atoms with Crippen LogP contribution in [0, 0.1) is 0 Å². The summed E-state index contributed by atoms with van der Waals surface area (Å²) in [6, 6.07) is 1.29. The zero-order chi connectivity index (χ0) is 11.7. The van der Waals surface area contributed by atoms with Gasteiger partial charge in [-0.2, -0.15) is 0 Å². The van der Waals surface area contributed by atoms with Crippen LogP contribution in [0.1, 0.15) is 40.0 Å². The second-order valence-corrected chi connectivity index (χ2v) is 6.53. The molecule has 0 unspecified atom stereocenters. The Kier molecular flexibility index (Phi) is 8.38. The van der Waals surface area contributed by atoms with Crippen molar-refractivity contribution < 1.29 is 9.53 Å². The Morgan fingerprint density at radius 3 is 2.47 bits per heavy atom. The first-order valence-electron chi connectivity index (χ1n) is 5.94. The normalized spacial score (nSPS) is 11.2. The van der Waals surface area contributed by atoms with Gasteiger partial charge >= 0.3 is 5.97 Å². The van der Waals surface area contributed by atoms with Crippen molar-refractivity contribution in [1.29, 1.82) is 0 Å². The van der Waals surface area contributed by atoms with E-state index in [0.29, 0.717) is 12.2 Å². The minimum Gasteiger partial charge on any atom is -0.462 e. The van der Waals surface area contributed by atoms with Crippen molar-refractivity contribution >= 4 is 15.5 Å². The zero-order valence-corrected chi connectivity index (χ0v) is 11.8. The molecule has 0 aliphatic carbocycles. The molecule has 0 aromatic heterocycles. The molecule has 0 saturated carbocycles. The highest BCUT2D eigenvalue weighted by molar-refractivity contribution is 6.37. The van der Waals surface area contributed by atoms with Crippen molar-refractivity contribution in [2.24, 2.45) is 0 Å². The molecule has 0 aliphatic rings. The first kappa shape index (κ1) is 14.4. The van der Waals surface area contributed by atoms with Crippen LogP contribution in [-0.2, 0) is 9.53 Å². The van der Waals surface area contributed by atoms with E-state index in [2.05, 4.69) is 20.4 Å². The quantitative estimate of drug-likeness (QED) is 0.276. The van der Waals surface area contributed by atoms with E-state index in [1.165, 1.54) is 18.9 Å². The third-order valence-corrected chi connectivity index (χ3v) is 5.62. The van der Waals surface area contributed by atoms with Gasteiger partial charge in [-0.25, -0.2) is 4.79 Å². The number of hydrogen-bond acceptors (Lipinski definition) is 2. The summed E-state index contributed by atoms with van der Waals surface area (Å²) >= 11 is 0. The molecule has 2 nitrogen and oxygen atoms in total. The van der Waals surface area contributed by atoms with Crippen LogP contribution in [0.15, 0.2) is 12.2 Å². The molecule has 0 aliphatic heterocycles. The van der Waals surface area contributed by atoms with E-state index in [-0.39, 0.29) is 15.5 Å². The highest BCUT2D eigenvalue weighted by Gasteiger charge is 2.05. The fourth-order valence-electron chi connectivity index (χ4n) is 1.52. The van der Waals surface area contributed by atoms with E-state index in [4.69, 9.17) is 4.74 Å². The van der Waals surface area contributed by atoms with Crippen molar-refractivity contribution in [3.8, 4) is 0 Å². The predicted octanol–water partition coefficient (Wildman–Crippen LogP) is 2.69. The molecule has 0 aromatic rings. The SMILES string of the molecule is C=C(C)C(=O)OCCC[SiH2]C(CC)CC. The van der Waals surface area contributed by atoms with Crippen molar-refractivity contribution in [1.82, 2.24) is 0 Å². The number of carbonyl (C=O) groups excluding carboxylic acids is 1. The van der Waals surface area contributed by atoms with Gasteiger partial charge in [0, 0.05) is 15.1 Å². The van der Waals surface area contributed by atoms with E-state index in [1.807, 2.05) is 0 Å². The van der Waals surface area contributed by atoms with Gasteiger partial charge in [-0.15, -0.1) is 0 Å². The third-order valence-electron chi connectivity index (χ3n) is 2.74. The molecule has 0 fully saturated rings. The second kappa shape index (κ2) is 8.71. The molecule has 3 heteroatoms. The average molecular weight is 228 g/mol. The van der Waals surface area contributed by atoms with Crippen molar-refractivity contribution in [3.05, 3.63) is 12.2 Å². The Balaban J connectivity index is 3.39. The van der Waals surface area contributed by atoms with E-state index in [1.54, 1.807) is 6.92 Å². The average Bonchev–Trinajstić information content (AvgIpc) is 2.23. The molecule has 0 heterocycles. The lowest BCUT2D eigenvalue weighted by molar-refractivity contribution is -0.138. The number of esters is 1. The lowest BCUT2D eigenvalue weighted by atomic mass is 10.3.